The van der Waals surface area contributed by atoms with Crippen molar-refractivity contribution in [2.75, 3.05) is 6.54 Å². The van der Waals surface area contributed by atoms with Crippen molar-refractivity contribution in [1.29, 1.82) is 0 Å². The van der Waals surface area contributed by atoms with Gasteiger partial charge in [0, 0.05) is 0 Å². The van der Waals surface area contributed by atoms with E-state index in [-0.39, 0.29) is 0 Å². The molecular formula is C9H7Cl2NO. The standard InChI is InChI=1S/C9H7Cl2NO/c10-8-3-1-2-7(9(8)11)4-5-12-6-13/h1-3H,4-5H2. The van der Waals surface area contributed by atoms with Crippen LogP contribution in [0.4, 0.5) is 0 Å². The van der Waals surface area contributed by atoms with Gasteiger partial charge in [-0.25, -0.2) is 9.79 Å². The van der Waals surface area contributed by atoms with Crippen molar-refractivity contribution in [2.24, 2.45) is 4.99 Å². The van der Waals surface area contributed by atoms with Crippen LogP contribution >= 0.6 is 23.2 Å². The number of halogens is 2. The van der Waals surface area contributed by atoms with Crippen LogP contribution in [0.15, 0.2) is 23.2 Å². The maximum atomic E-state index is 9.80. The van der Waals surface area contributed by atoms with Crippen LogP contribution in [0.2, 0.25) is 10.0 Å². The fourth-order valence-corrected chi connectivity index (χ4v) is 1.38. The van der Waals surface area contributed by atoms with Crippen molar-refractivity contribution in [3.63, 3.8) is 0 Å². The summed E-state index contributed by atoms with van der Waals surface area (Å²) >= 11 is 11.7. The molecule has 4 heteroatoms. The summed E-state index contributed by atoms with van der Waals surface area (Å²) in [5.74, 6) is 0. The number of isocyanates is 1. The van der Waals surface area contributed by atoms with Crippen molar-refractivity contribution in [3.8, 4) is 0 Å². The molecule has 0 saturated carbocycles. The van der Waals surface area contributed by atoms with Gasteiger partial charge in [0.1, 0.15) is 0 Å². The zero-order chi connectivity index (χ0) is 9.68. The summed E-state index contributed by atoms with van der Waals surface area (Å²) < 4.78 is 0. The fourth-order valence-electron chi connectivity index (χ4n) is 0.964. The van der Waals surface area contributed by atoms with Crippen molar-refractivity contribution < 1.29 is 4.79 Å². The second-order valence-electron chi connectivity index (χ2n) is 2.44. The molecule has 0 radical (unpaired) electrons. The Hall–Kier alpha value is -0.820. The van der Waals surface area contributed by atoms with Crippen LogP contribution in [0.3, 0.4) is 0 Å². The summed E-state index contributed by atoms with van der Waals surface area (Å²) in [6, 6.07) is 5.39. The summed E-state index contributed by atoms with van der Waals surface area (Å²) in [5, 5.41) is 1.06. The number of rotatable bonds is 3. The topological polar surface area (TPSA) is 29.4 Å². The Morgan fingerprint density at radius 3 is 2.85 bits per heavy atom. The maximum absolute atomic E-state index is 9.80. The van der Waals surface area contributed by atoms with E-state index in [0.717, 1.165) is 5.56 Å². The number of aliphatic imine (C=N–C) groups is 1. The molecule has 0 aliphatic heterocycles. The highest BCUT2D eigenvalue weighted by molar-refractivity contribution is 6.42. The Morgan fingerprint density at radius 2 is 2.15 bits per heavy atom. The van der Waals surface area contributed by atoms with Gasteiger partial charge >= 0.3 is 0 Å². The van der Waals surface area contributed by atoms with E-state index in [0.29, 0.717) is 23.0 Å². The van der Waals surface area contributed by atoms with E-state index in [1.54, 1.807) is 6.07 Å². The van der Waals surface area contributed by atoms with Gasteiger partial charge < -0.3 is 0 Å². The minimum atomic E-state index is 0.392. The molecule has 0 bridgehead atoms. The minimum Gasteiger partial charge on any atom is -0.211 e. The summed E-state index contributed by atoms with van der Waals surface area (Å²) in [4.78, 5) is 13.2. The van der Waals surface area contributed by atoms with Gasteiger partial charge in [0.25, 0.3) is 0 Å². The number of hydrogen-bond acceptors (Lipinski definition) is 2. The molecule has 0 heterocycles. The first-order valence-corrected chi connectivity index (χ1v) is 4.48. The average molecular weight is 216 g/mol. The van der Waals surface area contributed by atoms with Crippen LogP contribution in [0.5, 0.6) is 0 Å². The second kappa shape index (κ2) is 5.03. The van der Waals surface area contributed by atoms with Gasteiger partial charge in [-0.15, -0.1) is 0 Å². The number of hydrogen-bond donors (Lipinski definition) is 0. The average Bonchev–Trinajstić information content (AvgIpc) is 2.13. The number of benzene rings is 1. The lowest BCUT2D eigenvalue weighted by atomic mass is 10.1. The lowest BCUT2D eigenvalue weighted by Crippen LogP contribution is -1.90. The Morgan fingerprint density at radius 1 is 1.38 bits per heavy atom. The quantitative estimate of drug-likeness (QED) is 0.564. The third kappa shape index (κ3) is 2.85. The van der Waals surface area contributed by atoms with E-state index in [1.165, 1.54) is 6.08 Å². The fraction of sp³-hybridized carbons (Fsp3) is 0.222. The molecule has 2 nitrogen and oxygen atoms in total. The molecule has 0 aromatic heterocycles. The summed E-state index contributed by atoms with van der Waals surface area (Å²) in [7, 11) is 0. The van der Waals surface area contributed by atoms with Crippen molar-refractivity contribution in [2.45, 2.75) is 6.42 Å². The molecule has 13 heavy (non-hydrogen) atoms. The first kappa shape index (κ1) is 10.3. The van der Waals surface area contributed by atoms with Crippen LogP contribution in [-0.4, -0.2) is 12.6 Å². The van der Waals surface area contributed by atoms with Crippen LogP contribution in [0.25, 0.3) is 0 Å². The van der Waals surface area contributed by atoms with Gasteiger partial charge in [-0.05, 0) is 18.1 Å². The van der Waals surface area contributed by atoms with Gasteiger partial charge in [-0.3, -0.25) is 0 Å². The van der Waals surface area contributed by atoms with Crippen LogP contribution in [0.1, 0.15) is 5.56 Å². The highest BCUT2D eigenvalue weighted by Gasteiger charge is 2.02. The van der Waals surface area contributed by atoms with Crippen LogP contribution in [-0.2, 0) is 11.2 Å². The normalized spacial score (nSPS) is 9.38. The Balaban J connectivity index is 2.76. The van der Waals surface area contributed by atoms with E-state index < -0.39 is 0 Å². The summed E-state index contributed by atoms with van der Waals surface area (Å²) in [5.41, 5.74) is 0.896. The minimum absolute atomic E-state index is 0.392. The summed E-state index contributed by atoms with van der Waals surface area (Å²) in [6.07, 6.45) is 2.08. The highest BCUT2D eigenvalue weighted by Crippen LogP contribution is 2.25. The lowest BCUT2D eigenvalue weighted by molar-refractivity contribution is 0.563. The van der Waals surface area contributed by atoms with Gasteiger partial charge in [0.05, 0.1) is 16.6 Å². The van der Waals surface area contributed by atoms with Gasteiger partial charge in [-0.2, -0.15) is 0 Å². The molecule has 1 aromatic rings. The molecule has 1 aromatic carbocycles. The lowest BCUT2D eigenvalue weighted by Gasteiger charge is -2.02. The van der Waals surface area contributed by atoms with E-state index >= 15 is 0 Å². The molecule has 0 unspecified atom stereocenters. The van der Waals surface area contributed by atoms with Crippen molar-refractivity contribution in [1.82, 2.24) is 0 Å². The first-order chi connectivity index (χ1) is 6.25. The predicted octanol–water partition coefficient (Wildman–Crippen LogP) is 2.87. The summed E-state index contributed by atoms with van der Waals surface area (Å²) in [6.45, 7) is 0.392. The third-order valence-electron chi connectivity index (χ3n) is 1.59. The SMILES string of the molecule is O=C=NCCc1cccc(Cl)c1Cl. The van der Waals surface area contributed by atoms with Crippen molar-refractivity contribution >= 4 is 29.3 Å². The first-order valence-electron chi connectivity index (χ1n) is 3.72. The second-order valence-corrected chi connectivity index (χ2v) is 3.22. The Kier molecular flexibility index (Phi) is 3.97. The molecule has 0 N–H and O–H groups in total. The zero-order valence-electron chi connectivity index (χ0n) is 6.76. The third-order valence-corrected chi connectivity index (χ3v) is 2.45. The number of carbonyl (C=O) groups excluding carboxylic acids is 1. The molecule has 0 fully saturated rings. The highest BCUT2D eigenvalue weighted by atomic mass is 35.5. The zero-order valence-corrected chi connectivity index (χ0v) is 8.27. The largest absolute Gasteiger partial charge is 0.234 e. The predicted molar refractivity (Wildman–Crippen MR) is 53.2 cm³/mol. The van der Waals surface area contributed by atoms with Gasteiger partial charge in [0.15, 0.2) is 0 Å². The van der Waals surface area contributed by atoms with Crippen LogP contribution < -0.4 is 0 Å². The molecular weight excluding hydrogens is 209 g/mol. The van der Waals surface area contributed by atoms with E-state index in [9.17, 15) is 4.79 Å². The smallest absolute Gasteiger partial charge is 0.211 e. The molecule has 0 amide bonds. The van der Waals surface area contributed by atoms with E-state index in [4.69, 9.17) is 23.2 Å². The van der Waals surface area contributed by atoms with E-state index in [2.05, 4.69) is 4.99 Å². The molecule has 0 aliphatic carbocycles. The Bertz CT molecular complexity index is 345. The molecule has 0 aliphatic rings. The molecule has 0 atom stereocenters. The van der Waals surface area contributed by atoms with Crippen LogP contribution in [0, 0.1) is 0 Å². The van der Waals surface area contributed by atoms with Gasteiger partial charge in [-0.1, -0.05) is 35.3 Å². The Labute approximate surface area is 86.2 Å². The van der Waals surface area contributed by atoms with Crippen molar-refractivity contribution in [3.05, 3.63) is 33.8 Å². The molecule has 1 rings (SSSR count). The maximum Gasteiger partial charge on any atom is 0.234 e. The molecule has 0 spiro atoms. The molecule has 68 valence electrons. The number of nitrogens with zero attached hydrogens (tertiary/aromatic N) is 1. The van der Waals surface area contributed by atoms with E-state index in [1.807, 2.05) is 12.1 Å². The monoisotopic (exact) mass is 215 g/mol. The van der Waals surface area contributed by atoms with Gasteiger partial charge in [0.2, 0.25) is 6.08 Å². The molecule has 0 saturated heterocycles.